The van der Waals surface area contributed by atoms with Crippen LogP contribution in [0.1, 0.15) is 12.8 Å². The monoisotopic (exact) mass is 272 g/mol. The second kappa shape index (κ2) is 4.96. The van der Waals surface area contributed by atoms with Crippen LogP contribution in [0.5, 0.6) is 0 Å². The number of fused-ring (bicyclic) bond motifs is 1. The molecule has 0 spiro atoms. The molecule has 1 unspecified atom stereocenters. The van der Waals surface area contributed by atoms with Crippen molar-refractivity contribution in [3.05, 3.63) is 24.3 Å². The highest BCUT2D eigenvalue weighted by molar-refractivity contribution is 5.90. The van der Waals surface area contributed by atoms with E-state index < -0.39 is 12.0 Å². The third-order valence-corrected chi connectivity index (χ3v) is 3.62. The van der Waals surface area contributed by atoms with Gasteiger partial charge in [-0.2, -0.15) is 4.98 Å². The molecule has 0 aliphatic carbocycles. The van der Waals surface area contributed by atoms with Crippen LogP contribution in [0.3, 0.4) is 0 Å². The molecule has 3 rings (SSSR count). The maximum atomic E-state index is 11.3. The van der Waals surface area contributed by atoms with Crippen molar-refractivity contribution < 1.29 is 9.90 Å². The van der Waals surface area contributed by atoms with Gasteiger partial charge in [0, 0.05) is 19.0 Å². The minimum Gasteiger partial charge on any atom is -0.480 e. The highest BCUT2D eigenvalue weighted by Gasteiger charge is 2.32. The summed E-state index contributed by atoms with van der Waals surface area (Å²) in [7, 11) is 1.80. The van der Waals surface area contributed by atoms with Gasteiger partial charge in [-0.25, -0.2) is 9.78 Å². The minimum atomic E-state index is -0.815. The van der Waals surface area contributed by atoms with E-state index in [0.717, 1.165) is 23.1 Å². The molecule has 2 aromatic rings. The van der Waals surface area contributed by atoms with Crippen LogP contribution in [0.25, 0.3) is 10.9 Å². The highest BCUT2D eigenvalue weighted by Crippen LogP contribution is 2.27. The van der Waals surface area contributed by atoms with Crippen LogP contribution >= 0.6 is 0 Å². The molecule has 20 heavy (non-hydrogen) atoms. The Morgan fingerprint density at radius 3 is 2.95 bits per heavy atom. The molecule has 1 fully saturated rings. The Bertz CT molecular complexity index is 659. The zero-order valence-electron chi connectivity index (χ0n) is 11.2. The van der Waals surface area contributed by atoms with Gasteiger partial charge >= 0.3 is 5.97 Å². The maximum Gasteiger partial charge on any atom is 0.326 e. The quantitative estimate of drug-likeness (QED) is 0.886. The van der Waals surface area contributed by atoms with E-state index in [1.165, 1.54) is 0 Å². The van der Waals surface area contributed by atoms with Crippen LogP contribution in [0.15, 0.2) is 24.3 Å². The predicted molar refractivity (Wildman–Crippen MR) is 77.1 cm³/mol. The number of nitrogens with one attached hydrogen (secondary N) is 1. The standard InChI is InChI=1S/C14H16N4O2/c1-15-12-9-5-2-3-6-10(9)16-14(17-12)18-8-4-7-11(18)13(19)20/h2-3,5-6,11H,4,7-8H2,1H3,(H,19,20)(H,15,16,17). The lowest BCUT2D eigenvalue weighted by atomic mass is 10.2. The number of benzene rings is 1. The SMILES string of the molecule is CNc1nc(N2CCCC2C(=O)O)nc2ccccc12. The first-order valence-corrected chi connectivity index (χ1v) is 6.64. The van der Waals surface area contributed by atoms with Gasteiger partial charge in [0.1, 0.15) is 11.9 Å². The normalized spacial score (nSPS) is 18.4. The van der Waals surface area contributed by atoms with Gasteiger partial charge in [0.2, 0.25) is 5.95 Å². The maximum absolute atomic E-state index is 11.3. The van der Waals surface area contributed by atoms with Gasteiger partial charge in [0.05, 0.1) is 5.52 Å². The van der Waals surface area contributed by atoms with Crippen molar-refractivity contribution in [1.29, 1.82) is 0 Å². The average molecular weight is 272 g/mol. The lowest BCUT2D eigenvalue weighted by molar-refractivity contribution is -0.138. The van der Waals surface area contributed by atoms with Gasteiger partial charge in [-0.05, 0) is 25.0 Å². The van der Waals surface area contributed by atoms with Crippen LogP contribution in [-0.2, 0) is 4.79 Å². The molecule has 0 saturated carbocycles. The van der Waals surface area contributed by atoms with Crippen molar-refractivity contribution in [2.75, 3.05) is 23.8 Å². The van der Waals surface area contributed by atoms with E-state index in [-0.39, 0.29) is 0 Å². The first-order valence-electron chi connectivity index (χ1n) is 6.64. The van der Waals surface area contributed by atoms with Crippen molar-refractivity contribution in [2.45, 2.75) is 18.9 Å². The van der Waals surface area contributed by atoms with Gasteiger partial charge in [0.15, 0.2) is 0 Å². The van der Waals surface area contributed by atoms with Gasteiger partial charge in [-0.3, -0.25) is 0 Å². The Hall–Kier alpha value is -2.37. The van der Waals surface area contributed by atoms with Crippen molar-refractivity contribution in [1.82, 2.24) is 9.97 Å². The van der Waals surface area contributed by atoms with E-state index in [4.69, 9.17) is 0 Å². The molecule has 0 amide bonds. The first kappa shape index (κ1) is 12.7. The zero-order valence-corrected chi connectivity index (χ0v) is 11.2. The van der Waals surface area contributed by atoms with E-state index in [1.807, 2.05) is 24.3 Å². The molecule has 1 atom stereocenters. The van der Waals surface area contributed by atoms with Gasteiger partial charge < -0.3 is 15.3 Å². The molecule has 2 N–H and O–H groups in total. The Kier molecular flexibility index (Phi) is 3.14. The molecule has 0 bridgehead atoms. The number of anilines is 2. The number of carboxylic acids is 1. The lowest BCUT2D eigenvalue weighted by Crippen LogP contribution is -2.37. The molecule has 1 saturated heterocycles. The molecule has 1 aliphatic rings. The van der Waals surface area contributed by atoms with Gasteiger partial charge in [-0.1, -0.05) is 12.1 Å². The zero-order chi connectivity index (χ0) is 14.1. The number of carbonyl (C=O) groups is 1. The van der Waals surface area contributed by atoms with Crippen molar-refractivity contribution in [2.24, 2.45) is 0 Å². The number of carboxylic acid groups (broad SMARTS) is 1. The summed E-state index contributed by atoms with van der Waals surface area (Å²) in [5, 5.41) is 13.3. The summed E-state index contributed by atoms with van der Waals surface area (Å²) < 4.78 is 0. The molecule has 6 heteroatoms. The largest absolute Gasteiger partial charge is 0.480 e. The molecule has 104 valence electrons. The summed E-state index contributed by atoms with van der Waals surface area (Å²) in [5.74, 6) is 0.393. The van der Waals surface area contributed by atoms with E-state index in [2.05, 4.69) is 15.3 Å². The fourth-order valence-corrected chi connectivity index (χ4v) is 2.65. The van der Waals surface area contributed by atoms with Crippen molar-refractivity contribution in [3.63, 3.8) is 0 Å². The van der Waals surface area contributed by atoms with E-state index in [0.29, 0.717) is 18.9 Å². The first-order chi connectivity index (χ1) is 9.70. The molecule has 2 heterocycles. The Balaban J connectivity index is 2.10. The molecule has 6 nitrogen and oxygen atoms in total. The van der Waals surface area contributed by atoms with Gasteiger partial charge in [-0.15, -0.1) is 0 Å². The number of aromatic nitrogens is 2. The summed E-state index contributed by atoms with van der Waals surface area (Å²) in [6, 6.07) is 7.18. The van der Waals surface area contributed by atoms with Crippen LogP contribution in [0, 0.1) is 0 Å². The summed E-state index contributed by atoms with van der Waals surface area (Å²) >= 11 is 0. The van der Waals surface area contributed by atoms with Crippen LogP contribution in [0.4, 0.5) is 11.8 Å². The Labute approximate surface area is 116 Å². The third kappa shape index (κ3) is 2.03. The van der Waals surface area contributed by atoms with Crippen LogP contribution in [0.2, 0.25) is 0 Å². The smallest absolute Gasteiger partial charge is 0.326 e. The summed E-state index contributed by atoms with van der Waals surface area (Å²) in [4.78, 5) is 22.0. The minimum absolute atomic E-state index is 0.484. The fraction of sp³-hybridized carbons (Fsp3) is 0.357. The number of nitrogens with zero attached hydrogens (tertiary/aromatic N) is 3. The van der Waals surface area contributed by atoms with E-state index in [9.17, 15) is 9.90 Å². The Morgan fingerprint density at radius 1 is 1.40 bits per heavy atom. The molecular formula is C14H16N4O2. The van der Waals surface area contributed by atoms with Crippen molar-refractivity contribution in [3.8, 4) is 0 Å². The Morgan fingerprint density at radius 2 is 2.20 bits per heavy atom. The van der Waals surface area contributed by atoms with Crippen LogP contribution < -0.4 is 10.2 Å². The van der Waals surface area contributed by atoms with E-state index >= 15 is 0 Å². The van der Waals surface area contributed by atoms with E-state index in [1.54, 1.807) is 11.9 Å². The highest BCUT2D eigenvalue weighted by atomic mass is 16.4. The van der Waals surface area contributed by atoms with Gasteiger partial charge in [0.25, 0.3) is 0 Å². The average Bonchev–Trinajstić information content (AvgIpc) is 2.95. The molecule has 1 aliphatic heterocycles. The second-order valence-corrected chi connectivity index (χ2v) is 4.83. The lowest BCUT2D eigenvalue weighted by Gasteiger charge is -2.22. The molecular weight excluding hydrogens is 256 g/mol. The summed E-state index contributed by atoms with van der Waals surface area (Å²) in [5.41, 5.74) is 0.817. The number of hydrogen-bond donors (Lipinski definition) is 2. The third-order valence-electron chi connectivity index (χ3n) is 3.62. The number of rotatable bonds is 3. The summed E-state index contributed by atoms with van der Waals surface area (Å²) in [6.07, 6.45) is 1.49. The predicted octanol–water partition coefficient (Wildman–Crippen LogP) is 1.72. The number of para-hydroxylation sites is 1. The topological polar surface area (TPSA) is 78.4 Å². The number of aliphatic carboxylic acids is 1. The molecule has 1 aromatic carbocycles. The fourth-order valence-electron chi connectivity index (χ4n) is 2.65. The van der Waals surface area contributed by atoms with Crippen molar-refractivity contribution >= 4 is 28.6 Å². The number of hydrogen-bond acceptors (Lipinski definition) is 5. The second-order valence-electron chi connectivity index (χ2n) is 4.83. The molecule has 0 radical (unpaired) electrons. The van der Waals surface area contributed by atoms with Crippen LogP contribution in [-0.4, -0.2) is 40.7 Å². The summed E-state index contributed by atoms with van der Waals surface area (Å²) in [6.45, 7) is 0.679. The molecule has 1 aromatic heterocycles.